The summed E-state index contributed by atoms with van der Waals surface area (Å²) < 4.78 is 2.19. The molecule has 0 bridgehead atoms. The van der Waals surface area contributed by atoms with Crippen molar-refractivity contribution >= 4 is 29.0 Å². The molecule has 1 aliphatic heterocycles. The van der Waals surface area contributed by atoms with Crippen LogP contribution < -0.4 is 5.73 Å². The molecule has 17 heavy (non-hydrogen) atoms. The van der Waals surface area contributed by atoms with E-state index in [9.17, 15) is 4.79 Å². The van der Waals surface area contributed by atoms with Gasteiger partial charge in [-0.3, -0.25) is 9.78 Å². The molecule has 1 aliphatic rings. The standard InChI is InChI=1S/C11H11N3OS2/c1-6-9(11(12)15)7-3-16-5-14(7)10(6)8-2-13-4-17-8/h2,4H,3,5H2,1H3,(H2,12,15). The van der Waals surface area contributed by atoms with E-state index >= 15 is 0 Å². The van der Waals surface area contributed by atoms with Crippen LogP contribution in [0.4, 0.5) is 0 Å². The number of amides is 1. The van der Waals surface area contributed by atoms with Gasteiger partial charge < -0.3 is 10.3 Å². The van der Waals surface area contributed by atoms with Crippen LogP contribution in [0.15, 0.2) is 11.7 Å². The van der Waals surface area contributed by atoms with Gasteiger partial charge >= 0.3 is 0 Å². The van der Waals surface area contributed by atoms with E-state index in [0.29, 0.717) is 5.56 Å². The smallest absolute Gasteiger partial charge is 0.250 e. The summed E-state index contributed by atoms with van der Waals surface area (Å²) in [7, 11) is 0. The minimum atomic E-state index is -0.329. The van der Waals surface area contributed by atoms with Crippen molar-refractivity contribution in [3.63, 3.8) is 0 Å². The summed E-state index contributed by atoms with van der Waals surface area (Å²) in [6.45, 7) is 1.96. The minimum absolute atomic E-state index is 0.329. The molecule has 2 aromatic heterocycles. The number of thiazole rings is 1. The Morgan fingerprint density at radius 2 is 2.41 bits per heavy atom. The molecule has 4 nitrogen and oxygen atoms in total. The predicted octanol–water partition coefficient (Wildman–Crippen LogP) is 2.22. The third-order valence-corrected chi connectivity index (χ3v) is 4.68. The third-order valence-electron chi connectivity index (χ3n) is 2.99. The molecular weight excluding hydrogens is 254 g/mol. The van der Waals surface area contributed by atoms with E-state index in [0.717, 1.165) is 33.5 Å². The minimum Gasteiger partial charge on any atom is -0.366 e. The van der Waals surface area contributed by atoms with Crippen LogP contribution in [0.2, 0.25) is 0 Å². The van der Waals surface area contributed by atoms with Crippen LogP contribution in [0, 0.1) is 6.92 Å². The Morgan fingerprint density at radius 3 is 3.06 bits per heavy atom. The maximum absolute atomic E-state index is 11.6. The van der Waals surface area contributed by atoms with Gasteiger partial charge in [0.05, 0.1) is 27.5 Å². The van der Waals surface area contributed by atoms with Crippen molar-refractivity contribution in [2.75, 3.05) is 0 Å². The number of thioether (sulfide) groups is 1. The van der Waals surface area contributed by atoms with Crippen molar-refractivity contribution in [3.8, 4) is 10.6 Å². The van der Waals surface area contributed by atoms with Gasteiger partial charge in [0.25, 0.3) is 5.91 Å². The second-order valence-electron chi connectivity index (χ2n) is 3.93. The molecule has 0 radical (unpaired) electrons. The maximum atomic E-state index is 11.6. The number of aromatic nitrogens is 2. The topological polar surface area (TPSA) is 60.9 Å². The van der Waals surface area contributed by atoms with E-state index in [1.54, 1.807) is 28.6 Å². The number of carbonyl (C=O) groups excluding carboxylic acids is 1. The van der Waals surface area contributed by atoms with Crippen LogP contribution in [0.1, 0.15) is 21.6 Å². The van der Waals surface area contributed by atoms with E-state index in [1.807, 2.05) is 13.1 Å². The van der Waals surface area contributed by atoms with Crippen molar-refractivity contribution in [3.05, 3.63) is 28.5 Å². The van der Waals surface area contributed by atoms with Crippen LogP contribution in [0.5, 0.6) is 0 Å². The molecule has 1 amide bonds. The Balaban J connectivity index is 2.30. The number of rotatable bonds is 2. The lowest BCUT2D eigenvalue weighted by atomic mass is 10.1. The SMILES string of the molecule is Cc1c(C(N)=O)c2n(c1-c1cncs1)CSC2. The zero-order valence-electron chi connectivity index (χ0n) is 9.27. The van der Waals surface area contributed by atoms with Crippen LogP contribution in [-0.2, 0) is 11.6 Å². The number of primary amides is 1. The number of nitrogens with zero attached hydrogens (tertiary/aromatic N) is 2. The van der Waals surface area contributed by atoms with Gasteiger partial charge in [0.15, 0.2) is 0 Å². The van der Waals surface area contributed by atoms with Gasteiger partial charge in [-0.15, -0.1) is 23.1 Å². The fourth-order valence-electron chi connectivity index (χ4n) is 2.31. The lowest BCUT2D eigenvalue weighted by Gasteiger charge is -2.03. The summed E-state index contributed by atoms with van der Waals surface area (Å²) in [4.78, 5) is 16.7. The second kappa shape index (κ2) is 3.89. The average molecular weight is 265 g/mol. The summed E-state index contributed by atoms with van der Waals surface area (Å²) in [5.41, 5.74) is 11.1. The second-order valence-corrected chi connectivity index (χ2v) is 5.77. The molecule has 2 N–H and O–H groups in total. The molecule has 0 saturated carbocycles. The molecule has 0 aliphatic carbocycles. The molecule has 0 atom stereocenters. The normalized spacial score (nSPS) is 13.9. The van der Waals surface area contributed by atoms with Gasteiger partial charge in [-0.05, 0) is 12.5 Å². The van der Waals surface area contributed by atoms with Crippen molar-refractivity contribution in [1.29, 1.82) is 0 Å². The number of hydrogen-bond acceptors (Lipinski definition) is 4. The summed E-state index contributed by atoms with van der Waals surface area (Å²) in [6, 6.07) is 0. The summed E-state index contributed by atoms with van der Waals surface area (Å²) in [6.07, 6.45) is 1.84. The van der Waals surface area contributed by atoms with Crippen LogP contribution in [0.3, 0.4) is 0 Å². The Kier molecular flexibility index (Phi) is 2.48. The van der Waals surface area contributed by atoms with Gasteiger partial charge in [-0.2, -0.15) is 0 Å². The number of hydrogen-bond donors (Lipinski definition) is 1. The first-order chi connectivity index (χ1) is 8.20. The zero-order valence-corrected chi connectivity index (χ0v) is 10.9. The van der Waals surface area contributed by atoms with Crippen molar-refractivity contribution in [1.82, 2.24) is 9.55 Å². The largest absolute Gasteiger partial charge is 0.366 e. The lowest BCUT2D eigenvalue weighted by Crippen LogP contribution is -2.13. The molecule has 0 saturated heterocycles. The van der Waals surface area contributed by atoms with Gasteiger partial charge in [0.1, 0.15) is 0 Å². The molecule has 0 unspecified atom stereocenters. The maximum Gasteiger partial charge on any atom is 0.250 e. The highest BCUT2D eigenvalue weighted by Crippen LogP contribution is 2.39. The highest BCUT2D eigenvalue weighted by atomic mass is 32.2. The van der Waals surface area contributed by atoms with Gasteiger partial charge in [0.2, 0.25) is 0 Å². The highest BCUT2D eigenvalue weighted by Gasteiger charge is 2.27. The number of nitrogens with two attached hydrogens (primary N) is 1. The van der Waals surface area contributed by atoms with E-state index < -0.39 is 0 Å². The molecular formula is C11H11N3OS2. The number of carbonyl (C=O) groups is 1. The fourth-order valence-corrected chi connectivity index (χ4v) is 4.10. The van der Waals surface area contributed by atoms with Gasteiger partial charge in [0, 0.05) is 17.6 Å². The predicted molar refractivity (Wildman–Crippen MR) is 70.1 cm³/mol. The molecule has 88 valence electrons. The Bertz CT molecular complexity index is 586. The van der Waals surface area contributed by atoms with E-state index in [2.05, 4.69) is 9.55 Å². The monoisotopic (exact) mass is 265 g/mol. The molecule has 6 heteroatoms. The average Bonchev–Trinajstić information content (AvgIpc) is 2.91. The van der Waals surface area contributed by atoms with Crippen molar-refractivity contribution in [2.45, 2.75) is 18.6 Å². The summed E-state index contributed by atoms with van der Waals surface area (Å²) in [5.74, 6) is 1.42. The highest BCUT2D eigenvalue weighted by molar-refractivity contribution is 7.97. The zero-order chi connectivity index (χ0) is 12.0. The van der Waals surface area contributed by atoms with Crippen LogP contribution in [0.25, 0.3) is 10.6 Å². The molecule has 3 rings (SSSR count). The van der Waals surface area contributed by atoms with Gasteiger partial charge in [-0.25, -0.2) is 0 Å². The van der Waals surface area contributed by atoms with Crippen LogP contribution in [-0.4, -0.2) is 15.5 Å². The van der Waals surface area contributed by atoms with Gasteiger partial charge in [-0.1, -0.05) is 0 Å². The third kappa shape index (κ3) is 1.51. The van der Waals surface area contributed by atoms with Crippen molar-refractivity contribution < 1.29 is 4.79 Å². The van der Waals surface area contributed by atoms with E-state index in [4.69, 9.17) is 5.73 Å². The first-order valence-electron chi connectivity index (χ1n) is 5.18. The molecule has 0 aromatic carbocycles. The Hall–Kier alpha value is -1.27. The fraction of sp³-hybridized carbons (Fsp3) is 0.273. The quantitative estimate of drug-likeness (QED) is 0.905. The first-order valence-corrected chi connectivity index (χ1v) is 7.22. The molecule has 0 fully saturated rings. The molecule has 2 aromatic rings. The first kappa shape index (κ1) is 10.9. The van der Waals surface area contributed by atoms with E-state index in [1.165, 1.54) is 0 Å². The Morgan fingerprint density at radius 1 is 1.59 bits per heavy atom. The number of fused-ring (bicyclic) bond motifs is 1. The Labute approximate surface area is 107 Å². The van der Waals surface area contributed by atoms with Crippen LogP contribution >= 0.6 is 23.1 Å². The summed E-state index contributed by atoms with van der Waals surface area (Å²) in [5, 5.41) is 0. The molecule has 3 heterocycles. The molecule has 0 spiro atoms. The lowest BCUT2D eigenvalue weighted by molar-refractivity contribution is 0.0999. The van der Waals surface area contributed by atoms with Crippen molar-refractivity contribution in [2.24, 2.45) is 5.73 Å². The summed E-state index contributed by atoms with van der Waals surface area (Å²) >= 11 is 3.39. The van der Waals surface area contributed by atoms with E-state index in [-0.39, 0.29) is 5.91 Å².